The molecule has 0 saturated carbocycles. The van der Waals surface area contributed by atoms with Crippen molar-refractivity contribution < 1.29 is 27.5 Å². The number of alkyl halides is 3. The molecule has 0 fully saturated rings. The molecule has 110 valence electrons. The van der Waals surface area contributed by atoms with Crippen LogP contribution in [-0.4, -0.2) is 25.2 Å². The van der Waals surface area contributed by atoms with E-state index < -0.39 is 30.3 Å². The number of alkyl carbamates (subject to hydrolysis) is 1. The minimum Gasteiger partial charge on any atom is -0.450 e. The molecule has 0 atom stereocenters. The summed E-state index contributed by atoms with van der Waals surface area (Å²) in [5.41, 5.74) is -0.871. The largest absolute Gasteiger partial charge is 0.450 e. The molecule has 0 heterocycles. The molecule has 1 rings (SSSR count). The Bertz CT molecular complexity index is 489. The van der Waals surface area contributed by atoms with Gasteiger partial charge in [0.25, 0.3) is 0 Å². The maximum Gasteiger partial charge on any atom is 0.416 e. The van der Waals surface area contributed by atoms with Crippen LogP contribution in [0, 0.1) is 0 Å². The van der Waals surface area contributed by atoms with Gasteiger partial charge in [0.15, 0.2) is 0 Å². The second-order valence-electron chi connectivity index (χ2n) is 3.70. The van der Waals surface area contributed by atoms with Crippen LogP contribution in [0.15, 0.2) is 24.3 Å². The van der Waals surface area contributed by atoms with Crippen molar-refractivity contribution in [2.24, 2.45) is 0 Å². The van der Waals surface area contributed by atoms with Gasteiger partial charge >= 0.3 is 12.3 Å². The second-order valence-corrected chi connectivity index (χ2v) is 3.70. The van der Waals surface area contributed by atoms with Gasteiger partial charge in [-0.05, 0) is 25.1 Å². The molecule has 2 N–H and O–H groups in total. The maximum absolute atomic E-state index is 12.5. The molecule has 0 saturated heterocycles. The molecular formula is C12H13F3N2O3. The van der Waals surface area contributed by atoms with Crippen LogP contribution in [0.4, 0.5) is 23.7 Å². The van der Waals surface area contributed by atoms with E-state index in [2.05, 4.69) is 15.4 Å². The SMILES string of the molecule is CCOC(=O)NCC(=O)Nc1cccc(C(F)(F)F)c1. The van der Waals surface area contributed by atoms with Gasteiger partial charge < -0.3 is 15.4 Å². The van der Waals surface area contributed by atoms with Crippen molar-refractivity contribution >= 4 is 17.7 Å². The van der Waals surface area contributed by atoms with Crippen LogP contribution in [0.25, 0.3) is 0 Å². The number of amides is 2. The zero-order chi connectivity index (χ0) is 15.2. The third kappa shape index (κ3) is 5.17. The predicted molar refractivity (Wildman–Crippen MR) is 65.1 cm³/mol. The van der Waals surface area contributed by atoms with E-state index in [9.17, 15) is 22.8 Å². The summed E-state index contributed by atoms with van der Waals surface area (Å²) in [6.07, 6.45) is -5.25. The lowest BCUT2D eigenvalue weighted by molar-refractivity contribution is -0.137. The first-order valence-electron chi connectivity index (χ1n) is 5.70. The Kier molecular flexibility index (Phi) is 5.36. The average Bonchev–Trinajstić information content (AvgIpc) is 2.36. The van der Waals surface area contributed by atoms with Gasteiger partial charge in [0.05, 0.1) is 12.2 Å². The van der Waals surface area contributed by atoms with Gasteiger partial charge in [-0.25, -0.2) is 4.79 Å². The first-order chi connectivity index (χ1) is 9.32. The van der Waals surface area contributed by atoms with Crippen LogP contribution in [0.2, 0.25) is 0 Å². The van der Waals surface area contributed by atoms with Crippen LogP contribution in [0.5, 0.6) is 0 Å². The molecule has 20 heavy (non-hydrogen) atoms. The van der Waals surface area contributed by atoms with Crippen molar-refractivity contribution in [3.8, 4) is 0 Å². The smallest absolute Gasteiger partial charge is 0.416 e. The molecule has 1 aromatic rings. The fraction of sp³-hybridized carbons (Fsp3) is 0.333. The van der Waals surface area contributed by atoms with Gasteiger partial charge in [0.2, 0.25) is 5.91 Å². The fourth-order valence-corrected chi connectivity index (χ4v) is 1.31. The number of carbonyl (C=O) groups is 2. The fourth-order valence-electron chi connectivity index (χ4n) is 1.31. The average molecular weight is 290 g/mol. The highest BCUT2D eigenvalue weighted by molar-refractivity contribution is 5.93. The third-order valence-corrected chi connectivity index (χ3v) is 2.14. The van der Waals surface area contributed by atoms with Crippen LogP contribution in [0.3, 0.4) is 0 Å². The summed E-state index contributed by atoms with van der Waals surface area (Å²) >= 11 is 0. The Morgan fingerprint density at radius 2 is 2.00 bits per heavy atom. The molecule has 0 aliphatic carbocycles. The van der Waals surface area contributed by atoms with Crippen molar-refractivity contribution in [2.75, 3.05) is 18.5 Å². The monoisotopic (exact) mass is 290 g/mol. The number of hydrogen-bond donors (Lipinski definition) is 2. The van der Waals surface area contributed by atoms with E-state index in [0.29, 0.717) is 0 Å². The molecular weight excluding hydrogens is 277 g/mol. The maximum atomic E-state index is 12.5. The minimum atomic E-state index is -4.48. The summed E-state index contributed by atoms with van der Waals surface area (Å²) in [4.78, 5) is 22.3. The zero-order valence-corrected chi connectivity index (χ0v) is 10.6. The van der Waals surface area contributed by atoms with E-state index in [0.717, 1.165) is 12.1 Å². The molecule has 5 nitrogen and oxygen atoms in total. The summed E-state index contributed by atoms with van der Waals surface area (Å²) in [7, 11) is 0. The number of nitrogens with one attached hydrogen (secondary N) is 2. The Balaban J connectivity index is 2.56. The van der Waals surface area contributed by atoms with E-state index in [-0.39, 0.29) is 12.3 Å². The summed E-state index contributed by atoms with van der Waals surface area (Å²) in [5, 5.41) is 4.40. The number of halogens is 3. The molecule has 0 bridgehead atoms. The quantitative estimate of drug-likeness (QED) is 0.894. The lowest BCUT2D eigenvalue weighted by atomic mass is 10.2. The molecule has 0 aliphatic rings. The first-order valence-corrected chi connectivity index (χ1v) is 5.70. The van der Waals surface area contributed by atoms with E-state index in [4.69, 9.17) is 0 Å². The lowest BCUT2D eigenvalue weighted by Crippen LogP contribution is -2.33. The second kappa shape index (κ2) is 6.78. The number of rotatable bonds is 4. The predicted octanol–water partition coefficient (Wildman–Crippen LogP) is 2.39. The Hall–Kier alpha value is -2.25. The molecule has 0 radical (unpaired) electrons. The van der Waals surface area contributed by atoms with Gasteiger partial charge in [-0.2, -0.15) is 13.2 Å². The van der Waals surface area contributed by atoms with E-state index in [1.54, 1.807) is 6.92 Å². The third-order valence-electron chi connectivity index (χ3n) is 2.14. The van der Waals surface area contributed by atoms with Crippen LogP contribution >= 0.6 is 0 Å². The van der Waals surface area contributed by atoms with Crippen molar-refractivity contribution in [2.45, 2.75) is 13.1 Å². The summed E-state index contributed by atoms with van der Waals surface area (Å²) in [6, 6.07) is 4.20. The minimum absolute atomic E-state index is 0.00418. The Morgan fingerprint density at radius 3 is 2.60 bits per heavy atom. The Labute approximate surface area is 113 Å². The number of carbonyl (C=O) groups excluding carboxylic acids is 2. The van der Waals surface area contributed by atoms with Gasteiger partial charge in [-0.1, -0.05) is 6.07 Å². The summed E-state index contributed by atoms with van der Waals surface area (Å²) in [6.45, 7) is 1.36. The zero-order valence-electron chi connectivity index (χ0n) is 10.6. The number of hydrogen-bond acceptors (Lipinski definition) is 3. The topological polar surface area (TPSA) is 67.4 Å². The van der Waals surface area contributed by atoms with Crippen molar-refractivity contribution in [3.63, 3.8) is 0 Å². The Morgan fingerprint density at radius 1 is 1.30 bits per heavy atom. The van der Waals surface area contributed by atoms with E-state index >= 15 is 0 Å². The highest BCUT2D eigenvalue weighted by atomic mass is 19.4. The van der Waals surface area contributed by atoms with Crippen LogP contribution in [-0.2, 0) is 15.7 Å². The molecule has 0 unspecified atom stereocenters. The molecule has 0 aromatic heterocycles. The van der Waals surface area contributed by atoms with Crippen LogP contribution < -0.4 is 10.6 Å². The lowest BCUT2D eigenvalue weighted by Gasteiger charge is -2.10. The molecule has 0 aliphatic heterocycles. The normalized spacial score (nSPS) is 10.8. The molecule has 0 spiro atoms. The first kappa shape index (κ1) is 15.8. The van der Waals surface area contributed by atoms with E-state index in [1.807, 2.05) is 0 Å². The molecule has 2 amide bonds. The highest BCUT2D eigenvalue weighted by Crippen LogP contribution is 2.30. The van der Waals surface area contributed by atoms with Crippen molar-refractivity contribution in [1.29, 1.82) is 0 Å². The number of benzene rings is 1. The number of ether oxygens (including phenoxy) is 1. The van der Waals surface area contributed by atoms with Gasteiger partial charge in [-0.3, -0.25) is 4.79 Å². The van der Waals surface area contributed by atoms with Gasteiger partial charge in [-0.15, -0.1) is 0 Å². The highest BCUT2D eigenvalue weighted by Gasteiger charge is 2.30. The van der Waals surface area contributed by atoms with Gasteiger partial charge in [0, 0.05) is 5.69 Å². The van der Waals surface area contributed by atoms with Crippen molar-refractivity contribution in [3.05, 3.63) is 29.8 Å². The molecule has 8 heteroatoms. The van der Waals surface area contributed by atoms with Gasteiger partial charge in [0.1, 0.15) is 6.54 Å². The van der Waals surface area contributed by atoms with E-state index in [1.165, 1.54) is 12.1 Å². The summed E-state index contributed by atoms with van der Waals surface area (Å²) in [5.74, 6) is -0.655. The van der Waals surface area contributed by atoms with Crippen LogP contribution in [0.1, 0.15) is 12.5 Å². The standard InChI is InChI=1S/C12H13F3N2O3/c1-2-20-11(19)16-7-10(18)17-9-5-3-4-8(6-9)12(13,14)15/h3-6H,2,7H2,1H3,(H,16,19)(H,17,18). The van der Waals surface area contributed by atoms with Crippen molar-refractivity contribution in [1.82, 2.24) is 5.32 Å². The molecule has 1 aromatic carbocycles. The summed E-state index contributed by atoms with van der Waals surface area (Å²) < 4.78 is 41.9. The number of anilines is 1.